The summed E-state index contributed by atoms with van der Waals surface area (Å²) in [6.07, 6.45) is 6.24. The number of aromatic nitrogens is 2. The SMILES string of the molecule is CCc1n(/N=C/c2ccc(N(C)C)cc2)cc[n+]1CC(=O)c1cc(OC)c(OC)c(OC)c1. The van der Waals surface area contributed by atoms with Crippen molar-refractivity contribution in [1.82, 2.24) is 4.68 Å². The molecule has 3 rings (SSSR count). The Kier molecular flexibility index (Phi) is 7.71. The molecule has 8 nitrogen and oxygen atoms in total. The molecular formula is C25H31N4O4+. The molecule has 1 aromatic heterocycles. The van der Waals surface area contributed by atoms with Gasteiger partial charge in [-0.2, -0.15) is 0 Å². The van der Waals surface area contributed by atoms with E-state index in [1.165, 1.54) is 21.3 Å². The third-order valence-electron chi connectivity index (χ3n) is 5.34. The third kappa shape index (κ3) is 5.34. The Hall–Kier alpha value is -3.81. The van der Waals surface area contributed by atoms with E-state index in [-0.39, 0.29) is 12.3 Å². The van der Waals surface area contributed by atoms with Crippen LogP contribution in [-0.2, 0) is 13.0 Å². The van der Waals surface area contributed by atoms with Gasteiger partial charge >= 0.3 is 0 Å². The molecule has 0 amide bonds. The Morgan fingerprint density at radius 3 is 2.21 bits per heavy atom. The standard InChI is InChI=1S/C25H31N4O4/c1-7-24-28(12-13-29(24)26-16-18-8-10-20(11-9-18)27(2)3)17-21(30)19-14-22(31-4)25(33-6)23(15-19)32-5/h8-16H,7,17H2,1-6H3/q+1/b26-16+. The van der Waals surface area contributed by atoms with Crippen LogP contribution in [0.2, 0.25) is 0 Å². The highest BCUT2D eigenvalue weighted by Gasteiger charge is 2.22. The van der Waals surface area contributed by atoms with Gasteiger partial charge in [-0.05, 0) is 29.8 Å². The zero-order valence-electron chi connectivity index (χ0n) is 20.0. The quantitative estimate of drug-likeness (QED) is 0.269. The Balaban J connectivity index is 1.82. The normalized spacial score (nSPS) is 11.0. The number of methoxy groups -OCH3 is 3. The maximum Gasteiger partial charge on any atom is 0.282 e. The number of carbonyl (C=O) groups excluding carboxylic acids is 1. The van der Waals surface area contributed by atoms with E-state index in [0.29, 0.717) is 29.2 Å². The average molecular weight is 452 g/mol. The van der Waals surface area contributed by atoms with E-state index in [2.05, 4.69) is 10.0 Å². The molecule has 0 N–H and O–H groups in total. The van der Waals surface area contributed by atoms with Crippen molar-refractivity contribution in [3.05, 3.63) is 65.7 Å². The van der Waals surface area contributed by atoms with Crippen LogP contribution in [0.15, 0.2) is 53.9 Å². The second-order valence-electron chi connectivity index (χ2n) is 7.61. The highest BCUT2D eigenvalue weighted by molar-refractivity contribution is 5.96. The van der Waals surface area contributed by atoms with Crippen molar-refractivity contribution in [1.29, 1.82) is 0 Å². The molecule has 0 saturated heterocycles. The van der Waals surface area contributed by atoms with Gasteiger partial charge in [0.15, 0.2) is 24.2 Å². The van der Waals surface area contributed by atoms with Crippen molar-refractivity contribution in [2.24, 2.45) is 5.10 Å². The van der Waals surface area contributed by atoms with Crippen LogP contribution in [0.25, 0.3) is 0 Å². The molecule has 0 spiro atoms. The molecule has 0 unspecified atom stereocenters. The minimum Gasteiger partial charge on any atom is -0.493 e. The van der Waals surface area contributed by atoms with Gasteiger partial charge in [-0.1, -0.05) is 24.2 Å². The number of anilines is 1. The zero-order valence-corrected chi connectivity index (χ0v) is 20.0. The first-order valence-corrected chi connectivity index (χ1v) is 10.7. The van der Waals surface area contributed by atoms with Crippen molar-refractivity contribution < 1.29 is 23.6 Å². The molecule has 174 valence electrons. The van der Waals surface area contributed by atoms with Crippen molar-refractivity contribution in [3.63, 3.8) is 0 Å². The van der Waals surface area contributed by atoms with E-state index in [0.717, 1.165) is 17.1 Å². The van der Waals surface area contributed by atoms with Crippen LogP contribution >= 0.6 is 0 Å². The maximum absolute atomic E-state index is 13.1. The average Bonchev–Trinajstić information content (AvgIpc) is 3.22. The molecule has 2 aromatic carbocycles. The summed E-state index contributed by atoms with van der Waals surface area (Å²) in [4.78, 5) is 15.1. The Bertz CT molecular complexity index is 1110. The predicted octanol–water partition coefficient (Wildman–Crippen LogP) is 3.19. The summed E-state index contributed by atoms with van der Waals surface area (Å²) < 4.78 is 19.8. The number of Topliss-reactive ketones (excluding diaryl/α,β-unsaturated/α-hetero) is 1. The van der Waals surface area contributed by atoms with Gasteiger partial charge in [-0.3, -0.25) is 4.79 Å². The van der Waals surface area contributed by atoms with E-state index >= 15 is 0 Å². The molecule has 0 fully saturated rings. The smallest absolute Gasteiger partial charge is 0.282 e. The number of ether oxygens (including phenoxy) is 3. The van der Waals surface area contributed by atoms with Crippen LogP contribution in [-0.4, -0.2) is 52.1 Å². The molecular weight excluding hydrogens is 420 g/mol. The van der Waals surface area contributed by atoms with Gasteiger partial charge in [0.2, 0.25) is 11.5 Å². The first-order chi connectivity index (χ1) is 15.9. The highest BCUT2D eigenvalue weighted by atomic mass is 16.5. The van der Waals surface area contributed by atoms with Crippen LogP contribution in [0, 0.1) is 0 Å². The van der Waals surface area contributed by atoms with Crippen molar-refractivity contribution in [2.45, 2.75) is 19.9 Å². The summed E-state index contributed by atoms with van der Waals surface area (Å²) in [6.45, 7) is 2.20. The van der Waals surface area contributed by atoms with Gasteiger partial charge < -0.3 is 19.1 Å². The summed E-state index contributed by atoms with van der Waals surface area (Å²) >= 11 is 0. The number of hydrogen-bond acceptors (Lipinski definition) is 6. The lowest BCUT2D eigenvalue weighted by atomic mass is 10.1. The number of imidazole rings is 1. The van der Waals surface area contributed by atoms with E-state index in [9.17, 15) is 4.79 Å². The molecule has 0 aliphatic rings. The van der Waals surface area contributed by atoms with Crippen LogP contribution < -0.4 is 23.7 Å². The Morgan fingerprint density at radius 2 is 1.70 bits per heavy atom. The second-order valence-corrected chi connectivity index (χ2v) is 7.61. The fourth-order valence-corrected chi connectivity index (χ4v) is 3.54. The van der Waals surface area contributed by atoms with Crippen LogP contribution in [0.1, 0.15) is 28.7 Å². The van der Waals surface area contributed by atoms with Crippen molar-refractivity contribution in [3.8, 4) is 17.2 Å². The summed E-state index contributed by atoms with van der Waals surface area (Å²) in [6, 6.07) is 11.5. The van der Waals surface area contributed by atoms with Gasteiger partial charge in [-0.15, -0.1) is 4.68 Å². The molecule has 3 aromatic rings. The van der Waals surface area contributed by atoms with Gasteiger partial charge in [0.1, 0.15) is 6.20 Å². The summed E-state index contributed by atoms with van der Waals surface area (Å²) in [5.41, 5.74) is 2.61. The second kappa shape index (κ2) is 10.7. The van der Waals surface area contributed by atoms with Crippen LogP contribution in [0.4, 0.5) is 5.69 Å². The van der Waals surface area contributed by atoms with E-state index < -0.39 is 0 Å². The molecule has 33 heavy (non-hydrogen) atoms. The fourth-order valence-electron chi connectivity index (χ4n) is 3.54. The van der Waals surface area contributed by atoms with Gasteiger partial charge in [0.25, 0.3) is 5.82 Å². The summed E-state index contributed by atoms with van der Waals surface area (Å²) in [5.74, 6) is 2.19. The first-order valence-electron chi connectivity index (χ1n) is 10.7. The van der Waals surface area contributed by atoms with Crippen molar-refractivity contribution in [2.75, 3.05) is 40.3 Å². The number of benzene rings is 2. The van der Waals surface area contributed by atoms with Gasteiger partial charge in [-0.25, -0.2) is 4.57 Å². The third-order valence-corrected chi connectivity index (χ3v) is 5.34. The van der Waals surface area contributed by atoms with E-state index in [1.807, 2.05) is 68.5 Å². The molecule has 0 saturated carbocycles. The lowest BCUT2D eigenvalue weighted by Gasteiger charge is -2.13. The van der Waals surface area contributed by atoms with Crippen LogP contribution in [0.3, 0.4) is 0 Å². The lowest BCUT2D eigenvalue weighted by Crippen LogP contribution is -2.40. The zero-order chi connectivity index (χ0) is 24.0. The molecule has 0 aliphatic heterocycles. The van der Waals surface area contributed by atoms with Crippen molar-refractivity contribution >= 4 is 17.7 Å². The maximum atomic E-state index is 13.1. The van der Waals surface area contributed by atoms with E-state index in [4.69, 9.17) is 14.2 Å². The fraction of sp³-hybridized carbons (Fsp3) is 0.320. The number of nitrogens with zero attached hydrogens (tertiary/aromatic N) is 4. The molecule has 0 bridgehead atoms. The number of ketones is 1. The lowest BCUT2D eigenvalue weighted by molar-refractivity contribution is -0.690. The molecule has 0 radical (unpaired) electrons. The minimum atomic E-state index is -0.0741. The topological polar surface area (TPSA) is 69.2 Å². The van der Waals surface area contributed by atoms with Crippen LogP contribution in [0.5, 0.6) is 17.2 Å². The minimum absolute atomic E-state index is 0.0741. The number of hydrogen-bond donors (Lipinski definition) is 0. The highest BCUT2D eigenvalue weighted by Crippen LogP contribution is 2.38. The monoisotopic (exact) mass is 451 g/mol. The number of rotatable bonds is 10. The first kappa shape index (κ1) is 23.8. The summed E-state index contributed by atoms with van der Waals surface area (Å²) in [5, 5.41) is 4.59. The van der Waals surface area contributed by atoms with Gasteiger partial charge in [0, 0.05) is 31.8 Å². The predicted molar refractivity (Wildman–Crippen MR) is 128 cm³/mol. The van der Waals surface area contributed by atoms with E-state index in [1.54, 1.807) is 16.8 Å². The Labute approximate surface area is 194 Å². The number of carbonyl (C=O) groups is 1. The Morgan fingerprint density at radius 1 is 1.06 bits per heavy atom. The molecule has 0 atom stereocenters. The summed E-state index contributed by atoms with van der Waals surface area (Å²) in [7, 11) is 8.61. The molecule has 1 heterocycles. The molecule has 8 heteroatoms. The van der Waals surface area contributed by atoms with Gasteiger partial charge in [0.05, 0.1) is 27.5 Å². The molecule has 0 aliphatic carbocycles. The largest absolute Gasteiger partial charge is 0.493 e.